The number of hydrogen-bond donors (Lipinski definition) is 1. The van der Waals surface area contributed by atoms with Crippen molar-refractivity contribution in [2.45, 2.75) is 6.04 Å². The van der Waals surface area contributed by atoms with Gasteiger partial charge in [0.25, 0.3) is 0 Å². The van der Waals surface area contributed by atoms with Gasteiger partial charge in [0.15, 0.2) is 5.69 Å². The van der Waals surface area contributed by atoms with E-state index in [2.05, 4.69) is 15.0 Å². The van der Waals surface area contributed by atoms with Gasteiger partial charge in [0.2, 0.25) is 5.95 Å². The third kappa shape index (κ3) is 2.21. The second-order valence-corrected chi connectivity index (χ2v) is 3.92. The van der Waals surface area contributed by atoms with Gasteiger partial charge in [0.1, 0.15) is 0 Å². The molecular formula is C11H14FN3O2. The highest BCUT2D eigenvalue weighted by Crippen LogP contribution is 2.20. The molecule has 1 saturated heterocycles. The Kier molecular flexibility index (Phi) is 3.23. The van der Waals surface area contributed by atoms with Crippen LogP contribution in [0.15, 0.2) is 12.1 Å². The summed E-state index contributed by atoms with van der Waals surface area (Å²) in [6, 6.07) is 3.29. The number of rotatable bonds is 3. The molecule has 1 aliphatic heterocycles. The van der Waals surface area contributed by atoms with Crippen LogP contribution >= 0.6 is 0 Å². The minimum absolute atomic E-state index is 0.0196. The molecule has 0 saturated carbocycles. The van der Waals surface area contributed by atoms with Gasteiger partial charge in [-0.25, -0.2) is 9.78 Å². The van der Waals surface area contributed by atoms with Crippen LogP contribution in [0.4, 0.5) is 10.1 Å². The maximum Gasteiger partial charge on any atom is 0.356 e. The third-order valence-electron chi connectivity index (χ3n) is 2.91. The molecule has 5 nitrogen and oxygen atoms in total. The van der Waals surface area contributed by atoms with E-state index in [1.54, 1.807) is 6.07 Å². The fraction of sp³-hybridized carbons (Fsp3) is 0.455. The topological polar surface area (TPSA) is 54.5 Å². The second-order valence-electron chi connectivity index (χ2n) is 3.92. The number of nitrogens with zero attached hydrogens (tertiary/aromatic N) is 2. The van der Waals surface area contributed by atoms with Gasteiger partial charge in [0, 0.05) is 20.1 Å². The van der Waals surface area contributed by atoms with Gasteiger partial charge >= 0.3 is 5.97 Å². The maximum atomic E-state index is 13.7. The van der Waals surface area contributed by atoms with E-state index in [9.17, 15) is 9.18 Å². The van der Waals surface area contributed by atoms with Gasteiger partial charge in [-0.15, -0.1) is 0 Å². The molecular weight excluding hydrogens is 225 g/mol. The number of ether oxygens (including phenoxy) is 1. The molecule has 2 rings (SSSR count). The lowest BCUT2D eigenvalue weighted by molar-refractivity contribution is 0.0592. The van der Waals surface area contributed by atoms with E-state index < -0.39 is 11.9 Å². The molecule has 1 aromatic heterocycles. The lowest BCUT2D eigenvalue weighted by atomic mass is 10.1. The number of hydrogen-bond acceptors (Lipinski definition) is 5. The van der Waals surface area contributed by atoms with Crippen LogP contribution in [-0.4, -0.2) is 44.2 Å². The number of methoxy groups -OCH3 is 1. The molecule has 0 aromatic carbocycles. The van der Waals surface area contributed by atoms with E-state index in [4.69, 9.17) is 0 Å². The summed E-state index contributed by atoms with van der Waals surface area (Å²) in [5, 5.41) is 3.11. The van der Waals surface area contributed by atoms with Crippen LogP contribution < -0.4 is 10.2 Å². The molecule has 2 heterocycles. The maximum absolute atomic E-state index is 13.7. The highest BCUT2D eigenvalue weighted by Gasteiger charge is 2.24. The molecule has 92 valence electrons. The zero-order chi connectivity index (χ0) is 12.4. The van der Waals surface area contributed by atoms with E-state index in [0.29, 0.717) is 5.69 Å². The van der Waals surface area contributed by atoms with E-state index in [1.165, 1.54) is 13.2 Å². The SMILES string of the molecule is COC(=O)c1ccc(N(C)C2CNC2)c(F)n1. The number of aromatic nitrogens is 1. The van der Waals surface area contributed by atoms with Gasteiger partial charge in [-0.1, -0.05) is 0 Å². The molecule has 0 amide bonds. The molecule has 0 unspecified atom stereocenters. The standard InChI is InChI=1S/C11H14FN3O2/c1-15(7-5-13-6-7)9-4-3-8(11(16)17-2)14-10(9)12/h3-4,7,13H,5-6H2,1-2H3. The number of halogens is 1. The highest BCUT2D eigenvalue weighted by molar-refractivity contribution is 5.87. The van der Waals surface area contributed by atoms with Crippen molar-refractivity contribution < 1.29 is 13.9 Å². The Hall–Kier alpha value is -1.69. The van der Waals surface area contributed by atoms with Crippen LogP contribution in [0.5, 0.6) is 0 Å². The third-order valence-corrected chi connectivity index (χ3v) is 2.91. The van der Waals surface area contributed by atoms with Gasteiger partial charge in [-0.2, -0.15) is 4.39 Å². The van der Waals surface area contributed by atoms with Gasteiger partial charge in [-0.05, 0) is 12.1 Å². The summed E-state index contributed by atoms with van der Waals surface area (Å²) in [4.78, 5) is 16.6. The van der Waals surface area contributed by atoms with Crippen molar-refractivity contribution in [1.82, 2.24) is 10.3 Å². The normalized spacial score (nSPS) is 15.2. The van der Waals surface area contributed by atoms with Gasteiger partial charge in [-0.3, -0.25) is 0 Å². The fourth-order valence-electron chi connectivity index (χ4n) is 1.65. The summed E-state index contributed by atoms with van der Waals surface area (Å²) in [7, 11) is 3.05. The number of carbonyl (C=O) groups is 1. The lowest BCUT2D eigenvalue weighted by Crippen LogP contribution is -2.56. The zero-order valence-electron chi connectivity index (χ0n) is 9.74. The number of pyridine rings is 1. The van der Waals surface area contributed by atoms with Crippen molar-refractivity contribution in [1.29, 1.82) is 0 Å². The molecule has 0 atom stereocenters. The number of esters is 1. The van der Waals surface area contributed by atoms with E-state index in [-0.39, 0.29) is 11.7 Å². The average Bonchev–Trinajstić information content (AvgIpc) is 2.25. The number of anilines is 1. The van der Waals surface area contributed by atoms with Crippen molar-refractivity contribution in [3.8, 4) is 0 Å². The Morgan fingerprint density at radius 1 is 1.59 bits per heavy atom. The fourth-order valence-corrected chi connectivity index (χ4v) is 1.65. The van der Waals surface area contributed by atoms with E-state index in [1.807, 2.05) is 11.9 Å². The first-order valence-electron chi connectivity index (χ1n) is 5.32. The Balaban J connectivity index is 2.21. The second kappa shape index (κ2) is 4.67. The molecule has 1 fully saturated rings. The number of likely N-dealkylation sites (N-methyl/N-ethyl adjacent to an activating group) is 1. The lowest BCUT2D eigenvalue weighted by Gasteiger charge is -2.37. The Labute approximate surface area is 98.6 Å². The smallest absolute Gasteiger partial charge is 0.356 e. The molecule has 0 aliphatic carbocycles. The minimum Gasteiger partial charge on any atom is -0.464 e. The molecule has 1 aromatic rings. The van der Waals surface area contributed by atoms with Crippen molar-refractivity contribution in [3.05, 3.63) is 23.8 Å². The van der Waals surface area contributed by atoms with Crippen molar-refractivity contribution in [2.75, 3.05) is 32.1 Å². The van der Waals surface area contributed by atoms with Crippen LogP contribution in [0, 0.1) is 5.95 Å². The van der Waals surface area contributed by atoms with Gasteiger partial charge < -0.3 is 15.0 Å². The van der Waals surface area contributed by atoms with Crippen LogP contribution in [0.3, 0.4) is 0 Å². The summed E-state index contributed by atoms with van der Waals surface area (Å²) in [6.45, 7) is 1.66. The van der Waals surface area contributed by atoms with Crippen LogP contribution in [0.25, 0.3) is 0 Å². The first-order valence-corrected chi connectivity index (χ1v) is 5.32. The van der Waals surface area contributed by atoms with Crippen molar-refractivity contribution in [3.63, 3.8) is 0 Å². The average molecular weight is 239 g/mol. The van der Waals surface area contributed by atoms with Crippen LogP contribution in [0.1, 0.15) is 10.5 Å². The Bertz CT molecular complexity index is 435. The largest absolute Gasteiger partial charge is 0.464 e. The quantitative estimate of drug-likeness (QED) is 0.612. The Morgan fingerprint density at radius 2 is 2.29 bits per heavy atom. The molecule has 1 N–H and O–H groups in total. The summed E-state index contributed by atoms with van der Waals surface area (Å²) >= 11 is 0. The summed E-state index contributed by atoms with van der Waals surface area (Å²) in [5.74, 6) is -1.29. The molecule has 17 heavy (non-hydrogen) atoms. The van der Waals surface area contributed by atoms with Crippen LogP contribution in [-0.2, 0) is 4.74 Å². The zero-order valence-corrected chi connectivity index (χ0v) is 9.74. The van der Waals surface area contributed by atoms with Gasteiger partial charge in [0.05, 0.1) is 18.8 Å². The predicted octanol–water partition coefficient (Wildman–Crippen LogP) is 0.415. The van der Waals surface area contributed by atoms with Crippen LogP contribution in [0.2, 0.25) is 0 Å². The Morgan fingerprint density at radius 3 is 2.76 bits per heavy atom. The van der Waals surface area contributed by atoms with E-state index >= 15 is 0 Å². The van der Waals surface area contributed by atoms with Crippen molar-refractivity contribution in [2.24, 2.45) is 0 Å². The molecule has 0 spiro atoms. The number of carbonyl (C=O) groups excluding carboxylic acids is 1. The molecule has 0 bridgehead atoms. The van der Waals surface area contributed by atoms with E-state index in [0.717, 1.165) is 13.1 Å². The number of nitrogens with one attached hydrogen (secondary N) is 1. The summed E-state index contributed by atoms with van der Waals surface area (Å²) in [5.41, 5.74) is 0.373. The first-order chi connectivity index (χ1) is 8.13. The van der Waals surface area contributed by atoms with Crippen molar-refractivity contribution >= 4 is 11.7 Å². The minimum atomic E-state index is -0.651. The molecule has 0 radical (unpaired) electrons. The molecule has 1 aliphatic rings. The first kappa shape index (κ1) is 11.8. The summed E-state index contributed by atoms with van der Waals surface area (Å²) < 4.78 is 18.2. The predicted molar refractivity (Wildman–Crippen MR) is 60.6 cm³/mol. The summed E-state index contributed by atoms with van der Waals surface area (Å²) in [6.07, 6.45) is 0. The highest BCUT2D eigenvalue weighted by atomic mass is 19.1. The molecule has 6 heteroatoms. The monoisotopic (exact) mass is 239 g/mol.